The molecule has 1 fully saturated rings. The molecule has 0 saturated carbocycles. The van der Waals surface area contributed by atoms with E-state index >= 15 is 0 Å². The highest BCUT2D eigenvalue weighted by molar-refractivity contribution is 6.30. The van der Waals surface area contributed by atoms with E-state index in [1.54, 1.807) is 6.07 Å². The minimum absolute atomic E-state index is 0.0466. The number of halogens is 1. The summed E-state index contributed by atoms with van der Waals surface area (Å²) < 4.78 is 5.31. The number of rotatable bonds is 4. The Hall–Kier alpha value is -1.06. The van der Waals surface area contributed by atoms with Crippen molar-refractivity contribution < 1.29 is 14.6 Å². The van der Waals surface area contributed by atoms with Crippen molar-refractivity contribution >= 4 is 17.6 Å². The standard InChI is InChI=1S/C14H17ClO3/c1-9(2)12(13(16)17)14(7-18-8-14)10-4-3-5-11(15)6-10/h3-6,9,12H,7-8H2,1-2H3,(H,16,17). The van der Waals surface area contributed by atoms with Crippen LogP contribution in [0.3, 0.4) is 0 Å². The lowest BCUT2D eigenvalue weighted by atomic mass is 9.64. The van der Waals surface area contributed by atoms with Gasteiger partial charge in [-0.1, -0.05) is 37.6 Å². The Balaban J connectivity index is 2.44. The van der Waals surface area contributed by atoms with Gasteiger partial charge in [0.15, 0.2) is 0 Å². The number of carboxylic acid groups (broad SMARTS) is 1. The van der Waals surface area contributed by atoms with Gasteiger partial charge < -0.3 is 9.84 Å². The second-order valence-electron chi connectivity index (χ2n) is 5.22. The van der Waals surface area contributed by atoms with Crippen molar-refractivity contribution in [2.24, 2.45) is 11.8 Å². The molecule has 0 bridgehead atoms. The monoisotopic (exact) mass is 268 g/mol. The van der Waals surface area contributed by atoms with Crippen LogP contribution in [0.2, 0.25) is 5.02 Å². The third kappa shape index (κ3) is 2.13. The summed E-state index contributed by atoms with van der Waals surface area (Å²) in [7, 11) is 0. The first-order chi connectivity index (χ1) is 8.47. The van der Waals surface area contributed by atoms with E-state index in [1.807, 2.05) is 32.0 Å². The summed E-state index contributed by atoms with van der Waals surface area (Å²) in [6.07, 6.45) is 0. The van der Waals surface area contributed by atoms with Gasteiger partial charge in [-0.25, -0.2) is 0 Å². The number of carbonyl (C=O) groups is 1. The van der Waals surface area contributed by atoms with Crippen LogP contribution in [-0.2, 0) is 14.9 Å². The normalized spacial score (nSPS) is 19.3. The van der Waals surface area contributed by atoms with Crippen LogP contribution in [0.1, 0.15) is 19.4 Å². The predicted octanol–water partition coefficient (Wildman–Crippen LogP) is 2.96. The van der Waals surface area contributed by atoms with Crippen LogP contribution in [0.5, 0.6) is 0 Å². The Labute approximate surface area is 112 Å². The maximum Gasteiger partial charge on any atom is 0.307 e. The average molecular weight is 269 g/mol. The smallest absolute Gasteiger partial charge is 0.307 e. The molecule has 1 saturated heterocycles. The lowest BCUT2D eigenvalue weighted by Gasteiger charge is -2.47. The summed E-state index contributed by atoms with van der Waals surface area (Å²) in [5, 5.41) is 10.1. The molecular weight excluding hydrogens is 252 g/mol. The number of ether oxygens (including phenoxy) is 1. The number of hydrogen-bond acceptors (Lipinski definition) is 2. The van der Waals surface area contributed by atoms with Gasteiger partial charge in [0, 0.05) is 5.02 Å². The lowest BCUT2D eigenvalue weighted by molar-refractivity contribution is -0.161. The van der Waals surface area contributed by atoms with Gasteiger partial charge in [0.1, 0.15) is 0 Å². The first kappa shape index (κ1) is 13.4. The molecule has 0 aliphatic carbocycles. The molecule has 98 valence electrons. The van der Waals surface area contributed by atoms with Gasteiger partial charge >= 0.3 is 5.97 Å². The van der Waals surface area contributed by atoms with Crippen molar-refractivity contribution in [2.75, 3.05) is 13.2 Å². The molecule has 1 aromatic carbocycles. The highest BCUT2D eigenvalue weighted by Crippen LogP contribution is 2.43. The molecule has 1 unspecified atom stereocenters. The van der Waals surface area contributed by atoms with Gasteiger partial charge in [-0.15, -0.1) is 0 Å². The Morgan fingerprint density at radius 3 is 2.50 bits per heavy atom. The third-order valence-electron chi connectivity index (χ3n) is 3.65. The zero-order chi connectivity index (χ0) is 13.3. The van der Waals surface area contributed by atoms with Crippen molar-refractivity contribution in [3.8, 4) is 0 Å². The van der Waals surface area contributed by atoms with Crippen molar-refractivity contribution in [1.82, 2.24) is 0 Å². The minimum atomic E-state index is -0.770. The van der Waals surface area contributed by atoms with Gasteiger partial charge in [-0.05, 0) is 23.6 Å². The van der Waals surface area contributed by atoms with E-state index in [0.29, 0.717) is 18.2 Å². The summed E-state index contributed by atoms with van der Waals surface area (Å²) in [6, 6.07) is 7.44. The fraction of sp³-hybridized carbons (Fsp3) is 0.500. The predicted molar refractivity (Wildman–Crippen MR) is 69.9 cm³/mol. The lowest BCUT2D eigenvalue weighted by Crippen LogP contribution is -2.56. The number of carboxylic acids is 1. The highest BCUT2D eigenvalue weighted by atomic mass is 35.5. The Bertz CT molecular complexity index is 452. The van der Waals surface area contributed by atoms with Gasteiger partial charge in [0.05, 0.1) is 24.5 Å². The Morgan fingerprint density at radius 1 is 1.44 bits per heavy atom. The summed E-state index contributed by atoms with van der Waals surface area (Å²) in [5.41, 5.74) is 0.521. The van der Waals surface area contributed by atoms with Crippen molar-refractivity contribution in [3.05, 3.63) is 34.9 Å². The van der Waals surface area contributed by atoms with Crippen LogP contribution in [-0.4, -0.2) is 24.3 Å². The first-order valence-corrected chi connectivity index (χ1v) is 6.42. The molecule has 3 nitrogen and oxygen atoms in total. The van der Waals surface area contributed by atoms with Gasteiger partial charge in [0.25, 0.3) is 0 Å². The number of aliphatic carboxylic acids is 1. The van der Waals surface area contributed by atoms with Crippen LogP contribution in [0.25, 0.3) is 0 Å². The molecule has 1 aliphatic rings. The SMILES string of the molecule is CC(C)C(C(=O)O)C1(c2cccc(Cl)c2)COC1. The van der Waals surface area contributed by atoms with Gasteiger partial charge in [-0.3, -0.25) is 4.79 Å². The van der Waals surface area contributed by atoms with E-state index in [2.05, 4.69) is 0 Å². The molecule has 1 aromatic rings. The minimum Gasteiger partial charge on any atom is -0.481 e. The molecule has 4 heteroatoms. The fourth-order valence-corrected chi connectivity index (χ4v) is 3.00. The van der Waals surface area contributed by atoms with Crippen LogP contribution < -0.4 is 0 Å². The third-order valence-corrected chi connectivity index (χ3v) is 3.88. The molecular formula is C14H17ClO3. The summed E-state index contributed by atoms with van der Waals surface area (Å²) in [6.45, 7) is 4.76. The van der Waals surface area contributed by atoms with Crippen LogP contribution in [0.15, 0.2) is 24.3 Å². The van der Waals surface area contributed by atoms with E-state index in [1.165, 1.54) is 0 Å². The Kier molecular flexibility index (Phi) is 3.64. The van der Waals surface area contributed by atoms with E-state index in [0.717, 1.165) is 5.56 Å². The van der Waals surface area contributed by atoms with E-state index < -0.39 is 17.3 Å². The zero-order valence-corrected chi connectivity index (χ0v) is 11.3. The summed E-state index contributed by atoms with van der Waals surface area (Å²) >= 11 is 6.01. The maximum atomic E-state index is 11.6. The molecule has 0 spiro atoms. The molecule has 18 heavy (non-hydrogen) atoms. The molecule has 0 amide bonds. The fourth-order valence-electron chi connectivity index (χ4n) is 2.81. The zero-order valence-electron chi connectivity index (χ0n) is 10.5. The molecule has 1 atom stereocenters. The molecule has 1 heterocycles. The van der Waals surface area contributed by atoms with Crippen molar-refractivity contribution in [2.45, 2.75) is 19.3 Å². The second-order valence-corrected chi connectivity index (χ2v) is 5.66. The maximum absolute atomic E-state index is 11.6. The largest absolute Gasteiger partial charge is 0.481 e. The summed E-state index contributed by atoms with van der Waals surface area (Å²) in [4.78, 5) is 11.6. The quantitative estimate of drug-likeness (QED) is 0.913. The second kappa shape index (κ2) is 4.90. The van der Waals surface area contributed by atoms with Gasteiger partial charge in [-0.2, -0.15) is 0 Å². The number of hydrogen-bond donors (Lipinski definition) is 1. The molecule has 0 radical (unpaired) electrons. The molecule has 1 aliphatic heterocycles. The van der Waals surface area contributed by atoms with Crippen LogP contribution >= 0.6 is 11.6 Å². The molecule has 0 aromatic heterocycles. The van der Waals surface area contributed by atoms with Crippen LogP contribution in [0, 0.1) is 11.8 Å². The first-order valence-electron chi connectivity index (χ1n) is 6.04. The van der Waals surface area contributed by atoms with E-state index in [9.17, 15) is 9.90 Å². The van der Waals surface area contributed by atoms with E-state index in [4.69, 9.17) is 16.3 Å². The van der Waals surface area contributed by atoms with Crippen LogP contribution in [0.4, 0.5) is 0 Å². The average Bonchev–Trinajstić information content (AvgIpc) is 2.21. The Morgan fingerprint density at radius 2 is 2.11 bits per heavy atom. The van der Waals surface area contributed by atoms with Gasteiger partial charge in [0.2, 0.25) is 0 Å². The van der Waals surface area contributed by atoms with Crippen molar-refractivity contribution in [1.29, 1.82) is 0 Å². The summed E-state index contributed by atoms with van der Waals surface area (Å²) in [5.74, 6) is -1.18. The molecule has 2 rings (SSSR count). The van der Waals surface area contributed by atoms with E-state index in [-0.39, 0.29) is 5.92 Å². The highest BCUT2D eigenvalue weighted by Gasteiger charge is 2.51. The number of benzene rings is 1. The van der Waals surface area contributed by atoms with Crippen molar-refractivity contribution in [3.63, 3.8) is 0 Å². The molecule has 1 N–H and O–H groups in total. The topological polar surface area (TPSA) is 46.5 Å².